The van der Waals surface area contributed by atoms with Crippen LogP contribution >= 0.6 is 75.1 Å². The molecule has 4 rings (SSSR count). The van der Waals surface area contributed by atoms with Gasteiger partial charge in [0.2, 0.25) is 15.7 Å². The van der Waals surface area contributed by atoms with E-state index in [-0.39, 0.29) is 104 Å². The molecule has 0 aromatic heterocycles. The summed E-state index contributed by atoms with van der Waals surface area (Å²) in [4.78, 5) is 31.7. The van der Waals surface area contributed by atoms with E-state index < -0.39 is 60.5 Å². The first-order valence-electron chi connectivity index (χ1n) is 19.2. The number of aryl methyl sites for hydroxylation is 1. The monoisotopic (exact) mass is 1230 g/mol. The van der Waals surface area contributed by atoms with Crippen LogP contribution in [0.3, 0.4) is 0 Å². The number of aliphatic carboxylic acids is 2. The Morgan fingerprint density at radius 3 is 1.70 bits per heavy atom. The molecule has 4 aromatic carbocycles. The van der Waals surface area contributed by atoms with Crippen molar-refractivity contribution < 1.29 is 132 Å². The molecule has 70 heavy (non-hydrogen) atoms. The summed E-state index contributed by atoms with van der Waals surface area (Å²) >= 11 is 30.7. The van der Waals surface area contributed by atoms with Gasteiger partial charge in [-0.1, -0.05) is 87.6 Å². The fourth-order valence-electron chi connectivity index (χ4n) is 4.27. The molecule has 0 saturated carbocycles. The summed E-state index contributed by atoms with van der Waals surface area (Å²) in [7, 11) is -2.15. The Morgan fingerprint density at radius 2 is 1.29 bits per heavy atom. The summed E-state index contributed by atoms with van der Waals surface area (Å²) in [5.41, 5.74) is -1.07. The normalized spacial score (nSPS) is 11.2. The molecule has 4 N–H and O–H groups in total. The third-order valence-electron chi connectivity index (χ3n) is 6.89. The second-order valence-electron chi connectivity index (χ2n) is 13.6. The molecule has 0 fully saturated rings. The van der Waals surface area contributed by atoms with Crippen LogP contribution < -0.4 is 86.2 Å². The van der Waals surface area contributed by atoms with Crippen molar-refractivity contribution in [3.8, 4) is 17.2 Å². The fraction of sp³-hybridized carbons (Fsp3) is 0.341. The molecule has 1 unspecified atom stereocenters. The Hall–Kier alpha value is -0.752. The number of carbonyl (C=O) groups is 3. The van der Waals surface area contributed by atoms with Crippen molar-refractivity contribution in [2.45, 2.75) is 70.5 Å². The van der Waals surface area contributed by atoms with E-state index in [1.807, 2.05) is 34.6 Å². The van der Waals surface area contributed by atoms with Gasteiger partial charge in [0.05, 0.1) is 39.3 Å². The Labute approximate surface area is 489 Å². The van der Waals surface area contributed by atoms with E-state index in [4.69, 9.17) is 120 Å². The number of hydrogen-bond acceptors (Lipinski definition) is 15. The summed E-state index contributed by atoms with van der Waals surface area (Å²) < 4.78 is 80.7. The molecule has 0 bridgehead atoms. The summed E-state index contributed by atoms with van der Waals surface area (Å²) in [6.45, 7) is 10.8. The maximum Gasteiger partial charge on any atom is 1.00 e. The molecular formula is C41H50AsCl5NNa2O16PS3. The number of sulfonamides is 1. The third kappa shape index (κ3) is 33.2. The third-order valence-corrected chi connectivity index (χ3v) is 15.3. The standard InChI is InChI=1S/C14H24NO4PS3.C10H11ClO3.2C8H6Cl2O3.CH5AsO3.2Na/c1-12(2)18-20(21,19-13(3)4)22-11-10-15-23(16,17)14-8-6-5-7-9-14;1-6-5-8(11)3-4-9(6)14-7(2)10(12)13;1-13-7-5(10)3-2-4(9)6(7)8(11)12;9-5-1-2-7(6(10)3-5)13-4-8(11)12;1-2(3,4)5;;/h5-9,12-13,15H,10-11H2,1-4H3;3-5,7H,1-2H3,(H,12,13);2-3H,1H3,(H,11,12);1-3H,4H2,(H,11,12);1H3,(H2,3,4,5);;/q;;;;;2*+1/p-2. The Bertz CT molecular complexity index is 2440. The van der Waals surface area contributed by atoms with Crippen molar-refractivity contribution in [1.29, 1.82) is 0 Å². The molecule has 0 amide bonds. The van der Waals surface area contributed by atoms with Crippen LogP contribution in [0.4, 0.5) is 0 Å². The first-order chi connectivity index (χ1) is 31.3. The quantitative estimate of drug-likeness (QED) is 0.0633. The number of carboxylic acids is 3. The van der Waals surface area contributed by atoms with Crippen LogP contribution in [-0.2, 0) is 44.2 Å². The molecule has 17 nitrogen and oxygen atoms in total. The molecular weight excluding hydrogens is 1190 g/mol. The second kappa shape index (κ2) is 37.1. The van der Waals surface area contributed by atoms with Crippen molar-refractivity contribution in [3.05, 3.63) is 115 Å². The first-order valence-corrected chi connectivity index (χ1v) is 31.0. The molecule has 0 radical (unpaired) electrons. The van der Waals surface area contributed by atoms with Crippen molar-refractivity contribution in [1.82, 2.24) is 4.72 Å². The minimum absolute atomic E-state index is 0. The van der Waals surface area contributed by atoms with E-state index >= 15 is 0 Å². The Balaban J connectivity index is -0.000000842. The molecule has 1 atom stereocenters. The van der Waals surface area contributed by atoms with Crippen LogP contribution in [-0.4, -0.2) is 100 Å². The van der Waals surface area contributed by atoms with Crippen LogP contribution in [0.5, 0.6) is 17.2 Å². The van der Waals surface area contributed by atoms with Gasteiger partial charge in [-0.25, -0.2) is 27.5 Å². The minimum atomic E-state index is -4.62. The molecule has 0 aliphatic heterocycles. The number of aromatic carboxylic acids is 1. The van der Waals surface area contributed by atoms with Crippen molar-refractivity contribution >= 4 is 129 Å². The van der Waals surface area contributed by atoms with Crippen molar-refractivity contribution in [2.75, 3.05) is 26.0 Å². The van der Waals surface area contributed by atoms with E-state index in [9.17, 15) is 22.8 Å². The number of methoxy groups -OCH3 is 1. The molecule has 29 heteroatoms. The van der Waals surface area contributed by atoms with Crippen LogP contribution in [0.1, 0.15) is 50.5 Å². The average Bonchev–Trinajstić information content (AvgIpc) is 3.20. The number of nitrogens with one attached hydrogen (secondary N) is 1. The van der Waals surface area contributed by atoms with Gasteiger partial charge in [-0.15, -0.1) is 0 Å². The van der Waals surface area contributed by atoms with Gasteiger partial charge < -0.3 is 38.6 Å². The van der Waals surface area contributed by atoms with Crippen molar-refractivity contribution in [2.24, 2.45) is 0 Å². The molecule has 380 valence electrons. The SMILES string of the molecule is CC(C)OP(=S)(OC(C)C)SCCNS(=O)(=O)c1ccccc1.COc1c(Cl)ccc(Cl)c1C(=O)O.C[As](=O)([O-])[O-].Cc1cc(Cl)ccc1OC(C)C(=O)O.O=C(O)COc1ccc(Cl)cc1Cl.[Na+].[Na+]. The van der Waals surface area contributed by atoms with E-state index in [2.05, 4.69) is 4.72 Å². The summed E-state index contributed by atoms with van der Waals surface area (Å²) in [6.07, 6.45) is -0.920. The number of benzene rings is 4. The molecule has 0 aliphatic carbocycles. The number of carboxylic acid groups (broad SMARTS) is 3. The van der Waals surface area contributed by atoms with Gasteiger partial charge in [0.25, 0.3) is 0 Å². The van der Waals surface area contributed by atoms with E-state index in [0.717, 1.165) is 5.56 Å². The predicted molar refractivity (Wildman–Crippen MR) is 267 cm³/mol. The maximum atomic E-state index is 12.1. The van der Waals surface area contributed by atoms with Crippen LogP contribution in [0.2, 0.25) is 30.8 Å². The van der Waals surface area contributed by atoms with Crippen LogP contribution in [0, 0.1) is 6.92 Å². The minimum Gasteiger partial charge on any atom is -0.480 e. The zero-order valence-corrected chi connectivity index (χ0v) is 52.5. The number of rotatable bonds is 18. The Morgan fingerprint density at radius 1 is 0.800 bits per heavy atom. The molecule has 0 spiro atoms. The van der Waals surface area contributed by atoms with Crippen molar-refractivity contribution in [3.63, 3.8) is 0 Å². The van der Waals surface area contributed by atoms with Gasteiger partial charge in [-0.3, -0.25) is 0 Å². The summed E-state index contributed by atoms with van der Waals surface area (Å²) in [5.74, 6) is -1.77. The predicted octanol–water partition coefficient (Wildman–Crippen LogP) is 3.14. The summed E-state index contributed by atoms with van der Waals surface area (Å²) in [5, 5.41) is 27.5. The number of ether oxygens (including phenoxy) is 3. The second-order valence-corrected chi connectivity index (χ2v) is 27.0. The number of halogens is 5. The first kappa shape index (κ1) is 73.5. The molecule has 0 aliphatic rings. The molecule has 4 aromatic rings. The van der Waals surface area contributed by atoms with Gasteiger partial charge in [0.15, 0.2) is 18.5 Å². The summed E-state index contributed by atoms with van der Waals surface area (Å²) in [6, 6.07) is 20.8. The van der Waals surface area contributed by atoms with Gasteiger partial charge >= 0.3 is 109 Å². The van der Waals surface area contributed by atoms with Gasteiger partial charge in [-0.05, 0) is 120 Å². The zero-order chi connectivity index (χ0) is 52.6. The Kier molecular flexibility index (Phi) is 38.9. The fourth-order valence-corrected chi connectivity index (χ4v) is 12.3. The average molecular weight is 1240 g/mol. The smallest absolute Gasteiger partial charge is 0.480 e. The molecule has 0 saturated heterocycles. The van der Waals surface area contributed by atoms with E-state index in [0.29, 0.717) is 38.0 Å². The largest absolute Gasteiger partial charge is 1.00 e. The van der Waals surface area contributed by atoms with E-state index in [1.54, 1.807) is 54.6 Å². The van der Waals surface area contributed by atoms with E-state index in [1.165, 1.54) is 49.7 Å². The van der Waals surface area contributed by atoms with Crippen LogP contribution in [0.15, 0.2) is 83.8 Å². The number of hydrogen-bond donors (Lipinski definition) is 4. The van der Waals surface area contributed by atoms with Gasteiger partial charge in [-0.2, -0.15) is 0 Å². The maximum absolute atomic E-state index is 12.1. The van der Waals surface area contributed by atoms with Gasteiger partial charge in [0, 0.05) is 22.3 Å². The zero-order valence-electron chi connectivity index (χ0n) is 39.5. The van der Waals surface area contributed by atoms with Crippen LogP contribution in [0.25, 0.3) is 0 Å². The molecule has 0 heterocycles. The topological polar surface area (TPSA) is 267 Å². The van der Waals surface area contributed by atoms with Gasteiger partial charge in [0.1, 0.15) is 17.1 Å².